The zero-order valence-corrected chi connectivity index (χ0v) is 23.0. The molecule has 320 valence electrons. The number of halogens is 34. The molecule has 0 unspecified atom stereocenters. The fourth-order valence-electron chi connectivity index (χ4n) is 2.86. The van der Waals surface area contributed by atoms with Crippen molar-refractivity contribution in [1.29, 1.82) is 0 Å². The highest BCUT2D eigenvalue weighted by molar-refractivity contribution is 7.59. The normalized spacial score (nSPS) is 17.4. The molecular formula is C16F34O2P-. The third-order valence-corrected chi connectivity index (χ3v) is 8.19. The summed E-state index contributed by atoms with van der Waals surface area (Å²) in [4.78, 5) is 11.2. The van der Waals surface area contributed by atoms with E-state index in [1.807, 2.05) is 0 Å². The van der Waals surface area contributed by atoms with Gasteiger partial charge in [-0.25, -0.2) is 0 Å². The lowest BCUT2D eigenvalue weighted by Gasteiger charge is -2.48. The minimum Gasteiger partial charge on any atom is -0.791 e. The van der Waals surface area contributed by atoms with E-state index in [0.717, 1.165) is 0 Å². The van der Waals surface area contributed by atoms with Gasteiger partial charge in [0.25, 0.3) is 0 Å². The highest BCUT2D eigenvalue weighted by Gasteiger charge is 2.99. The van der Waals surface area contributed by atoms with E-state index in [4.69, 9.17) is 0 Å². The maximum Gasteiger partial charge on any atom is 0.460 e. The minimum absolute atomic E-state index is 8.41. The Hall–Kier alpha value is -2.19. The summed E-state index contributed by atoms with van der Waals surface area (Å²) in [5.74, 6) is -116. The largest absolute Gasteiger partial charge is 0.791 e. The van der Waals surface area contributed by atoms with Gasteiger partial charge in [-0.1, -0.05) is 0 Å². The molecule has 0 bridgehead atoms. The van der Waals surface area contributed by atoms with E-state index < -0.39 is 102 Å². The Kier molecular flexibility index (Phi) is 11.4. The van der Waals surface area contributed by atoms with Crippen molar-refractivity contribution in [2.24, 2.45) is 0 Å². The van der Waals surface area contributed by atoms with Crippen LogP contribution in [-0.2, 0) is 4.57 Å². The molecule has 0 fully saturated rings. The molecule has 0 saturated carbocycles. The van der Waals surface area contributed by atoms with Crippen LogP contribution in [0.1, 0.15) is 0 Å². The monoisotopic (exact) mass is 901 g/mol. The van der Waals surface area contributed by atoms with Gasteiger partial charge in [0.1, 0.15) is 0 Å². The zero-order chi connectivity index (χ0) is 44.5. The molecule has 53 heavy (non-hydrogen) atoms. The molecule has 0 spiro atoms. The van der Waals surface area contributed by atoms with E-state index in [0.29, 0.717) is 0 Å². The zero-order valence-electron chi connectivity index (χ0n) is 22.1. The third-order valence-electron chi connectivity index (χ3n) is 6.15. The molecule has 0 aromatic heterocycles. The van der Waals surface area contributed by atoms with E-state index in [2.05, 4.69) is 0 Å². The first-order chi connectivity index (χ1) is 22.0. The molecule has 0 amide bonds. The van der Waals surface area contributed by atoms with Crippen molar-refractivity contribution in [1.82, 2.24) is 0 Å². The van der Waals surface area contributed by atoms with Gasteiger partial charge in [0.15, 0.2) is 7.37 Å². The fourth-order valence-corrected chi connectivity index (χ4v) is 4.23. The number of hydrogen-bond donors (Lipinski definition) is 0. The van der Waals surface area contributed by atoms with Gasteiger partial charge in [-0.3, -0.25) is 0 Å². The predicted molar refractivity (Wildman–Crippen MR) is 89.0 cm³/mol. The van der Waals surface area contributed by atoms with Crippen molar-refractivity contribution in [2.45, 2.75) is 94.8 Å². The lowest BCUT2D eigenvalue weighted by Crippen LogP contribution is -2.76. The molecule has 0 aliphatic rings. The van der Waals surface area contributed by atoms with Gasteiger partial charge in [0.05, 0.1) is 0 Å². The summed E-state index contributed by atoms with van der Waals surface area (Å²) in [5.41, 5.74) is -20.0. The molecule has 0 aliphatic heterocycles. The average Bonchev–Trinajstić information content (AvgIpc) is 2.89. The lowest BCUT2D eigenvalue weighted by molar-refractivity contribution is -0.462. The molecule has 2 nitrogen and oxygen atoms in total. The standard InChI is InChI=1S/C16HF34O2P/c17-1(18,5(25,26)9(33,34)13(41,42)43)3(21,22)7(29,30)11(37,38)15(47,48)53(51,52)16(49,50)12(39,40)8(31,32)4(23,24)2(19,20)6(27,28)10(35,36)14(44,45)46/h(H,51,52)/p-1. The molecule has 0 rings (SSSR count). The molecular weight excluding hydrogens is 901 g/mol. The van der Waals surface area contributed by atoms with Crippen LogP contribution in [0.3, 0.4) is 0 Å². The number of alkyl halides is 34. The van der Waals surface area contributed by atoms with Crippen molar-refractivity contribution in [2.75, 3.05) is 0 Å². The topological polar surface area (TPSA) is 40.1 Å². The Bertz CT molecular complexity index is 1310. The summed E-state index contributed by atoms with van der Waals surface area (Å²) in [6.07, 6.45) is -16.8. The second-order valence-corrected chi connectivity index (χ2v) is 11.7. The van der Waals surface area contributed by atoms with Crippen molar-refractivity contribution < 1.29 is 159 Å². The first kappa shape index (κ1) is 50.8. The first-order valence-electron chi connectivity index (χ1n) is 10.7. The fraction of sp³-hybridized carbons (Fsp3) is 1.00. The van der Waals surface area contributed by atoms with Crippen LogP contribution in [0.4, 0.5) is 149 Å². The van der Waals surface area contributed by atoms with E-state index in [-0.39, 0.29) is 0 Å². The van der Waals surface area contributed by atoms with Crippen molar-refractivity contribution in [3.8, 4) is 0 Å². The molecule has 0 aromatic rings. The quantitative estimate of drug-likeness (QED) is 0.129. The van der Waals surface area contributed by atoms with Gasteiger partial charge < -0.3 is 9.46 Å². The Morgan fingerprint density at radius 1 is 0.226 bits per heavy atom. The molecule has 0 N–H and O–H groups in total. The summed E-state index contributed by atoms with van der Waals surface area (Å²) in [5, 5.41) is 0. The van der Waals surface area contributed by atoms with Crippen molar-refractivity contribution >= 4 is 7.37 Å². The van der Waals surface area contributed by atoms with Gasteiger partial charge in [-0.2, -0.15) is 149 Å². The van der Waals surface area contributed by atoms with E-state index >= 15 is 0 Å². The molecule has 0 aliphatic carbocycles. The van der Waals surface area contributed by atoms with Crippen LogP contribution in [0, 0.1) is 0 Å². The molecule has 0 radical (unpaired) electrons. The molecule has 0 heterocycles. The maximum absolute atomic E-state index is 13.9. The maximum atomic E-state index is 13.9. The van der Waals surface area contributed by atoms with Gasteiger partial charge in [0, 0.05) is 0 Å². The summed E-state index contributed by atoms with van der Waals surface area (Å²) in [6, 6.07) is 0. The Balaban J connectivity index is 7.80. The van der Waals surface area contributed by atoms with Crippen molar-refractivity contribution in [3.05, 3.63) is 0 Å². The Morgan fingerprint density at radius 2 is 0.340 bits per heavy atom. The highest BCUT2D eigenvalue weighted by Crippen LogP contribution is 2.78. The van der Waals surface area contributed by atoms with Crippen molar-refractivity contribution in [3.63, 3.8) is 0 Å². The van der Waals surface area contributed by atoms with Crippen LogP contribution in [0.15, 0.2) is 0 Å². The van der Waals surface area contributed by atoms with Gasteiger partial charge in [0.2, 0.25) is 0 Å². The van der Waals surface area contributed by atoms with Crippen LogP contribution >= 0.6 is 7.37 Å². The van der Waals surface area contributed by atoms with Crippen LogP contribution in [0.5, 0.6) is 0 Å². The third kappa shape index (κ3) is 5.66. The lowest BCUT2D eigenvalue weighted by atomic mass is 9.91. The van der Waals surface area contributed by atoms with E-state index in [1.165, 1.54) is 0 Å². The Labute approximate surface area is 262 Å². The van der Waals surface area contributed by atoms with Crippen LogP contribution in [0.25, 0.3) is 0 Å². The van der Waals surface area contributed by atoms with Gasteiger partial charge in [-0.15, -0.1) is 0 Å². The van der Waals surface area contributed by atoms with Gasteiger partial charge in [-0.05, 0) is 0 Å². The summed E-state index contributed by atoms with van der Waals surface area (Å²) < 4.78 is 460. The average molecular weight is 901 g/mol. The van der Waals surface area contributed by atoms with Crippen LogP contribution in [0.2, 0.25) is 0 Å². The van der Waals surface area contributed by atoms with Gasteiger partial charge >= 0.3 is 94.8 Å². The van der Waals surface area contributed by atoms with E-state index in [9.17, 15) is 159 Å². The summed E-state index contributed by atoms with van der Waals surface area (Å²) in [7, 11) is -11.5. The summed E-state index contributed by atoms with van der Waals surface area (Å²) in [6.45, 7) is 0. The van der Waals surface area contributed by atoms with Crippen LogP contribution < -0.4 is 4.89 Å². The summed E-state index contributed by atoms with van der Waals surface area (Å²) >= 11 is 0. The Morgan fingerprint density at radius 3 is 0.472 bits per heavy atom. The first-order valence-corrected chi connectivity index (χ1v) is 12.4. The van der Waals surface area contributed by atoms with E-state index in [1.54, 1.807) is 0 Å². The highest BCUT2D eigenvalue weighted by atomic mass is 31.2. The molecule has 0 aromatic carbocycles. The second kappa shape index (κ2) is 11.9. The molecule has 0 saturated heterocycles. The molecule has 37 heteroatoms. The molecule has 0 atom stereocenters. The second-order valence-electron chi connectivity index (χ2n) is 9.52. The predicted octanol–water partition coefficient (Wildman–Crippen LogP) is 10.6. The minimum atomic E-state index is -11.5. The SMILES string of the molecule is O=P([O-])(C(F)(F)C(F)(F)C(F)(F)C(F)(F)C(F)(F)C(F)(F)C(F)(F)C(F)(F)F)C(F)(F)C(F)(F)C(F)(F)C(F)(F)C(F)(F)C(F)(F)C(F)(F)C(F)(F)F. The smallest absolute Gasteiger partial charge is 0.460 e. The number of hydrogen-bond acceptors (Lipinski definition) is 2. The van der Waals surface area contributed by atoms with Crippen LogP contribution in [-0.4, -0.2) is 94.8 Å². The number of rotatable bonds is 14.